The van der Waals surface area contributed by atoms with E-state index in [0.29, 0.717) is 17.9 Å². The summed E-state index contributed by atoms with van der Waals surface area (Å²) < 4.78 is 5.18. The molecule has 0 aliphatic carbocycles. The lowest BCUT2D eigenvalue weighted by atomic mass is 10.1. The third-order valence-electron chi connectivity index (χ3n) is 3.61. The Kier molecular flexibility index (Phi) is 3.78. The summed E-state index contributed by atoms with van der Waals surface area (Å²) in [6, 6.07) is 14.6. The third-order valence-corrected chi connectivity index (χ3v) is 3.61. The second-order valence-corrected chi connectivity index (χ2v) is 5.11. The summed E-state index contributed by atoms with van der Waals surface area (Å²) in [4.78, 5) is 25.1. The van der Waals surface area contributed by atoms with Gasteiger partial charge in [-0.3, -0.25) is 9.59 Å². The standard InChI is InChI=1S/C17H16N2O3/c18-16(20)11-22-14-7-5-13(6-8-14)17(21)19-10-9-12-3-1-2-4-15(12)19/h1-8H,9-11H2,(H2,18,20). The Morgan fingerprint density at radius 2 is 1.82 bits per heavy atom. The zero-order valence-electron chi connectivity index (χ0n) is 12.0. The van der Waals surface area contributed by atoms with E-state index in [9.17, 15) is 9.59 Å². The molecule has 3 rings (SSSR count). The number of nitrogens with two attached hydrogens (primary N) is 1. The maximum absolute atomic E-state index is 12.6. The Hall–Kier alpha value is -2.82. The number of amides is 2. The van der Waals surface area contributed by atoms with Crippen molar-refractivity contribution in [2.45, 2.75) is 6.42 Å². The molecule has 0 aromatic heterocycles. The molecule has 0 fully saturated rings. The first-order chi connectivity index (χ1) is 10.6. The molecule has 2 aromatic rings. The van der Waals surface area contributed by atoms with E-state index in [4.69, 9.17) is 10.5 Å². The van der Waals surface area contributed by atoms with Gasteiger partial charge >= 0.3 is 0 Å². The predicted octanol–water partition coefficient (Wildman–Crippen LogP) is 1.75. The second kappa shape index (κ2) is 5.89. The average molecular weight is 296 g/mol. The number of rotatable bonds is 4. The van der Waals surface area contributed by atoms with Crippen LogP contribution in [0.1, 0.15) is 15.9 Å². The van der Waals surface area contributed by atoms with Gasteiger partial charge in [-0.05, 0) is 42.3 Å². The van der Waals surface area contributed by atoms with Gasteiger partial charge in [0.1, 0.15) is 5.75 Å². The van der Waals surface area contributed by atoms with Gasteiger partial charge in [-0.1, -0.05) is 18.2 Å². The van der Waals surface area contributed by atoms with Crippen molar-refractivity contribution in [1.82, 2.24) is 0 Å². The lowest BCUT2D eigenvalue weighted by Gasteiger charge is -2.17. The van der Waals surface area contributed by atoms with E-state index < -0.39 is 5.91 Å². The van der Waals surface area contributed by atoms with Crippen LogP contribution >= 0.6 is 0 Å². The fraction of sp³-hybridized carbons (Fsp3) is 0.176. The van der Waals surface area contributed by atoms with Crippen LogP contribution in [0.4, 0.5) is 5.69 Å². The summed E-state index contributed by atoms with van der Waals surface area (Å²) >= 11 is 0. The van der Waals surface area contributed by atoms with Crippen molar-refractivity contribution in [3.63, 3.8) is 0 Å². The number of anilines is 1. The van der Waals surface area contributed by atoms with Crippen LogP contribution in [0.2, 0.25) is 0 Å². The molecule has 0 saturated carbocycles. The van der Waals surface area contributed by atoms with Gasteiger partial charge in [0.2, 0.25) is 0 Å². The van der Waals surface area contributed by atoms with E-state index >= 15 is 0 Å². The smallest absolute Gasteiger partial charge is 0.258 e. The molecule has 0 bridgehead atoms. The maximum Gasteiger partial charge on any atom is 0.258 e. The lowest BCUT2D eigenvalue weighted by molar-refractivity contribution is -0.119. The van der Waals surface area contributed by atoms with Gasteiger partial charge < -0.3 is 15.4 Å². The number of carbonyl (C=O) groups excluding carboxylic acids is 2. The summed E-state index contributed by atoms with van der Waals surface area (Å²) in [6.07, 6.45) is 0.877. The van der Waals surface area contributed by atoms with Crippen LogP contribution in [0.15, 0.2) is 48.5 Å². The molecule has 1 aliphatic heterocycles. The number of primary amides is 1. The summed E-state index contributed by atoms with van der Waals surface area (Å²) in [5.41, 5.74) is 7.77. The molecule has 2 aromatic carbocycles. The summed E-state index contributed by atoms with van der Waals surface area (Å²) in [5.74, 6) is -0.0580. The number of para-hydroxylation sites is 1. The van der Waals surface area contributed by atoms with E-state index in [1.807, 2.05) is 24.3 Å². The van der Waals surface area contributed by atoms with Crippen LogP contribution in [0.3, 0.4) is 0 Å². The first kappa shape index (κ1) is 14.1. The van der Waals surface area contributed by atoms with E-state index in [1.165, 1.54) is 5.56 Å². The van der Waals surface area contributed by atoms with Gasteiger partial charge in [-0.25, -0.2) is 0 Å². The Morgan fingerprint density at radius 3 is 2.55 bits per heavy atom. The van der Waals surface area contributed by atoms with Gasteiger partial charge in [0, 0.05) is 17.8 Å². The minimum atomic E-state index is -0.533. The number of carbonyl (C=O) groups is 2. The summed E-state index contributed by atoms with van der Waals surface area (Å²) in [7, 11) is 0. The van der Waals surface area contributed by atoms with Gasteiger partial charge in [0.15, 0.2) is 6.61 Å². The monoisotopic (exact) mass is 296 g/mol. The molecule has 0 radical (unpaired) electrons. The molecule has 0 unspecified atom stereocenters. The largest absolute Gasteiger partial charge is 0.484 e. The third kappa shape index (κ3) is 2.79. The molecule has 0 atom stereocenters. The normalized spacial score (nSPS) is 12.8. The Bertz CT molecular complexity index is 710. The van der Waals surface area contributed by atoms with Gasteiger partial charge in [0.25, 0.3) is 11.8 Å². The van der Waals surface area contributed by atoms with Crippen molar-refractivity contribution in [1.29, 1.82) is 0 Å². The molecule has 0 spiro atoms. The van der Waals surface area contributed by atoms with Crippen LogP contribution in [-0.4, -0.2) is 25.0 Å². The molecule has 1 aliphatic rings. The summed E-state index contributed by atoms with van der Waals surface area (Å²) in [5, 5.41) is 0. The van der Waals surface area contributed by atoms with Crippen molar-refractivity contribution in [3.8, 4) is 5.75 Å². The van der Waals surface area contributed by atoms with Gasteiger partial charge in [-0.15, -0.1) is 0 Å². The van der Waals surface area contributed by atoms with Crippen molar-refractivity contribution in [3.05, 3.63) is 59.7 Å². The maximum atomic E-state index is 12.6. The van der Waals surface area contributed by atoms with E-state index in [1.54, 1.807) is 29.2 Å². The highest BCUT2D eigenvalue weighted by molar-refractivity contribution is 6.07. The van der Waals surface area contributed by atoms with Crippen molar-refractivity contribution < 1.29 is 14.3 Å². The zero-order valence-corrected chi connectivity index (χ0v) is 12.0. The molecule has 2 N–H and O–H groups in total. The molecule has 2 amide bonds. The highest BCUT2D eigenvalue weighted by Crippen LogP contribution is 2.29. The van der Waals surface area contributed by atoms with Crippen LogP contribution in [0.5, 0.6) is 5.75 Å². The minimum Gasteiger partial charge on any atom is -0.484 e. The molecule has 22 heavy (non-hydrogen) atoms. The van der Waals surface area contributed by atoms with Gasteiger partial charge in [0.05, 0.1) is 0 Å². The number of nitrogens with zero attached hydrogens (tertiary/aromatic N) is 1. The molecule has 5 nitrogen and oxygen atoms in total. The van der Waals surface area contributed by atoms with E-state index in [0.717, 1.165) is 12.1 Å². The topological polar surface area (TPSA) is 72.6 Å². The highest BCUT2D eigenvalue weighted by atomic mass is 16.5. The number of hydrogen-bond acceptors (Lipinski definition) is 3. The number of fused-ring (bicyclic) bond motifs is 1. The van der Waals surface area contributed by atoms with Crippen LogP contribution in [0, 0.1) is 0 Å². The molecular weight excluding hydrogens is 280 g/mol. The Balaban J connectivity index is 1.75. The first-order valence-corrected chi connectivity index (χ1v) is 7.06. The quantitative estimate of drug-likeness (QED) is 0.934. The van der Waals surface area contributed by atoms with Crippen molar-refractivity contribution in [2.75, 3.05) is 18.1 Å². The number of ether oxygens (including phenoxy) is 1. The zero-order chi connectivity index (χ0) is 15.5. The number of hydrogen-bond donors (Lipinski definition) is 1. The second-order valence-electron chi connectivity index (χ2n) is 5.11. The van der Waals surface area contributed by atoms with Gasteiger partial charge in [-0.2, -0.15) is 0 Å². The Morgan fingerprint density at radius 1 is 1.09 bits per heavy atom. The first-order valence-electron chi connectivity index (χ1n) is 7.06. The Labute approximate surface area is 128 Å². The fourth-order valence-corrected chi connectivity index (χ4v) is 2.55. The highest BCUT2D eigenvalue weighted by Gasteiger charge is 2.24. The van der Waals surface area contributed by atoms with E-state index in [2.05, 4.69) is 0 Å². The van der Waals surface area contributed by atoms with Crippen LogP contribution < -0.4 is 15.4 Å². The molecule has 0 saturated heterocycles. The van der Waals surface area contributed by atoms with Crippen molar-refractivity contribution >= 4 is 17.5 Å². The predicted molar refractivity (Wildman–Crippen MR) is 83.0 cm³/mol. The van der Waals surface area contributed by atoms with E-state index in [-0.39, 0.29) is 12.5 Å². The van der Waals surface area contributed by atoms with Crippen LogP contribution in [0.25, 0.3) is 0 Å². The SMILES string of the molecule is NC(=O)COc1ccc(C(=O)N2CCc3ccccc32)cc1. The minimum absolute atomic E-state index is 0.0357. The number of benzene rings is 2. The van der Waals surface area contributed by atoms with Crippen molar-refractivity contribution in [2.24, 2.45) is 5.73 Å². The lowest BCUT2D eigenvalue weighted by Crippen LogP contribution is -2.28. The fourth-order valence-electron chi connectivity index (χ4n) is 2.55. The molecule has 5 heteroatoms. The molecule has 112 valence electrons. The average Bonchev–Trinajstić information content (AvgIpc) is 2.97. The molecule has 1 heterocycles. The summed E-state index contributed by atoms with van der Waals surface area (Å²) in [6.45, 7) is 0.519. The van der Waals surface area contributed by atoms with Crippen LogP contribution in [-0.2, 0) is 11.2 Å². The molecular formula is C17H16N2O3.